The number of anilines is 1. The van der Waals surface area contributed by atoms with E-state index in [0.717, 1.165) is 31.2 Å². The SMILES string of the molecule is O=C(Nc1cc(F)ccc1-c1cccc(Cl)c1)OC1CC2CCC(C1)N2. The number of rotatable bonds is 3. The summed E-state index contributed by atoms with van der Waals surface area (Å²) in [4.78, 5) is 12.4. The second-order valence-corrected chi connectivity index (χ2v) is 7.40. The first kappa shape index (κ1) is 17.3. The van der Waals surface area contributed by atoms with E-state index in [0.29, 0.717) is 28.4 Å². The molecule has 2 unspecified atom stereocenters. The summed E-state index contributed by atoms with van der Waals surface area (Å²) in [6.07, 6.45) is 3.27. The van der Waals surface area contributed by atoms with Crippen molar-refractivity contribution >= 4 is 23.4 Å². The first-order chi connectivity index (χ1) is 12.6. The van der Waals surface area contributed by atoms with E-state index in [4.69, 9.17) is 16.3 Å². The number of piperidine rings is 1. The number of ether oxygens (including phenoxy) is 1. The summed E-state index contributed by atoms with van der Waals surface area (Å²) in [6.45, 7) is 0. The smallest absolute Gasteiger partial charge is 0.411 e. The average Bonchev–Trinajstić information content (AvgIpc) is 2.93. The molecule has 2 atom stereocenters. The average molecular weight is 375 g/mol. The van der Waals surface area contributed by atoms with Crippen molar-refractivity contribution in [3.63, 3.8) is 0 Å². The summed E-state index contributed by atoms with van der Waals surface area (Å²) in [5.74, 6) is -0.425. The van der Waals surface area contributed by atoms with Crippen LogP contribution in [0.25, 0.3) is 11.1 Å². The Hall–Kier alpha value is -2.11. The highest BCUT2D eigenvalue weighted by atomic mass is 35.5. The summed E-state index contributed by atoms with van der Waals surface area (Å²) in [7, 11) is 0. The number of hydrogen-bond donors (Lipinski definition) is 2. The zero-order chi connectivity index (χ0) is 18.1. The molecule has 2 N–H and O–H groups in total. The van der Waals surface area contributed by atoms with Gasteiger partial charge in [-0.2, -0.15) is 0 Å². The summed E-state index contributed by atoms with van der Waals surface area (Å²) in [5.41, 5.74) is 1.86. The Kier molecular flexibility index (Phi) is 4.83. The fourth-order valence-electron chi connectivity index (χ4n) is 3.92. The summed E-state index contributed by atoms with van der Waals surface area (Å²) >= 11 is 6.05. The van der Waals surface area contributed by atoms with Crippen LogP contribution in [-0.4, -0.2) is 24.3 Å². The van der Waals surface area contributed by atoms with Gasteiger partial charge in [0.2, 0.25) is 0 Å². The van der Waals surface area contributed by atoms with E-state index >= 15 is 0 Å². The number of hydrogen-bond acceptors (Lipinski definition) is 3. The van der Waals surface area contributed by atoms with E-state index in [-0.39, 0.29) is 6.10 Å². The molecule has 0 spiro atoms. The number of benzene rings is 2. The van der Waals surface area contributed by atoms with Crippen molar-refractivity contribution in [3.8, 4) is 11.1 Å². The molecule has 2 aromatic rings. The highest BCUT2D eigenvalue weighted by molar-refractivity contribution is 6.30. The Morgan fingerprint density at radius 1 is 1.15 bits per heavy atom. The van der Waals surface area contributed by atoms with Gasteiger partial charge in [-0.25, -0.2) is 9.18 Å². The molecule has 0 aromatic heterocycles. The number of fused-ring (bicyclic) bond motifs is 2. The van der Waals surface area contributed by atoms with Crippen molar-refractivity contribution in [2.45, 2.75) is 43.9 Å². The maximum Gasteiger partial charge on any atom is 0.411 e. The molecule has 0 radical (unpaired) electrons. The van der Waals surface area contributed by atoms with Gasteiger partial charge in [-0.15, -0.1) is 0 Å². The van der Waals surface area contributed by atoms with Gasteiger partial charge in [-0.1, -0.05) is 23.7 Å². The van der Waals surface area contributed by atoms with Crippen LogP contribution in [0.2, 0.25) is 5.02 Å². The van der Waals surface area contributed by atoms with Crippen molar-refractivity contribution in [1.82, 2.24) is 5.32 Å². The molecule has 2 aromatic carbocycles. The molecule has 136 valence electrons. The molecule has 2 aliphatic heterocycles. The maximum atomic E-state index is 13.7. The van der Waals surface area contributed by atoms with Crippen LogP contribution < -0.4 is 10.6 Å². The third-order valence-corrected chi connectivity index (χ3v) is 5.29. The van der Waals surface area contributed by atoms with E-state index in [2.05, 4.69) is 10.6 Å². The molecule has 6 heteroatoms. The molecule has 2 saturated heterocycles. The lowest BCUT2D eigenvalue weighted by Gasteiger charge is -2.28. The summed E-state index contributed by atoms with van der Waals surface area (Å²) in [5, 5.41) is 6.79. The molecular weight excluding hydrogens is 355 g/mol. The second-order valence-electron chi connectivity index (χ2n) is 6.96. The molecule has 26 heavy (non-hydrogen) atoms. The predicted molar refractivity (Wildman–Crippen MR) is 99.9 cm³/mol. The third kappa shape index (κ3) is 3.84. The zero-order valence-electron chi connectivity index (χ0n) is 14.2. The number of carbonyl (C=O) groups is 1. The minimum absolute atomic E-state index is 0.100. The Morgan fingerprint density at radius 3 is 2.65 bits per heavy atom. The van der Waals surface area contributed by atoms with Crippen LogP contribution in [0.1, 0.15) is 25.7 Å². The monoisotopic (exact) mass is 374 g/mol. The van der Waals surface area contributed by atoms with Gasteiger partial charge in [0.25, 0.3) is 0 Å². The largest absolute Gasteiger partial charge is 0.446 e. The first-order valence-corrected chi connectivity index (χ1v) is 9.24. The minimum atomic E-state index is -0.551. The minimum Gasteiger partial charge on any atom is -0.446 e. The Bertz CT molecular complexity index is 817. The predicted octanol–water partition coefficient (Wildman–Crippen LogP) is 4.98. The van der Waals surface area contributed by atoms with Crippen LogP contribution in [0.3, 0.4) is 0 Å². The normalized spacial score (nSPS) is 24.3. The Morgan fingerprint density at radius 2 is 1.92 bits per heavy atom. The van der Waals surface area contributed by atoms with Crippen LogP contribution in [0.15, 0.2) is 42.5 Å². The lowest BCUT2D eigenvalue weighted by atomic mass is 10.0. The number of halogens is 2. The van der Waals surface area contributed by atoms with Gasteiger partial charge in [-0.05, 0) is 61.6 Å². The molecular formula is C20H20ClFN2O2. The van der Waals surface area contributed by atoms with Crippen LogP contribution in [0.4, 0.5) is 14.9 Å². The lowest BCUT2D eigenvalue weighted by Crippen LogP contribution is -2.42. The number of amides is 1. The van der Waals surface area contributed by atoms with Crippen molar-refractivity contribution in [2.75, 3.05) is 5.32 Å². The van der Waals surface area contributed by atoms with Gasteiger partial charge in [0, 0.05) is 22.7 Å². The van der Waals surface area contributed by atoms with Gasteiger partial charge in [0.1, 0.15) is 11.9 Å². The maximum absolute atomic E-state index is 13.7. The molecule has 2 bridgehead atoms. The first-order valence-electron chi connectivity index (χ1n) is 8.86. The molecule has 4 rings (SSSR count). The second kappa shape index (κ2) is 7.25. The van der Waals surface area contributed by atoms with Crippen LogP contribution in [-0.2, 0) is 4.74 Å². The zero-order valence-corrected chi connectivity index (χ0v) is 14.9. The third-order valence-electron chi connectivity index (χ3n) is 5.06. The fraction of sp³-hybridized carbons (Fsp3) is 0.350. The highest BCUT2D eigenvalue weighted by Crippen LogP contribution is 2.32. The van der Waals surface area contributed by atoms with Crippen LogP contribution in [0, 0.1) is 5.82 Å². The molecule has 1 amide bonds. The van der Waals surface area contributed by atoms with Gasteiger partial charge >= 0.3 is 6.09 Å². The van der Waals surface area contributed by atoms with E-state index in [1.807, 2.05) is 12.1 Å². The highest BCUT2D eigenvalue weighted by Gasteiger charge is 2.35. The molecule has 2 heterocycles. The van der Waals surface area contributed by atoms with E-state index in [1.54, 1.807) is 18.2 Å². The van der Waals surface area contributed by atoms with Crippen molar-refractivity contribution in [3.05, 3.63) is 53.3 Å². The number of carbonyl (C=O) groups excluding carboxylic acids is 1. The van der Waals surface area contributed by atoms with E-state index < -0.39 is 11.9 Å². The van der Waals surface area contributed by atoms with Gasteiger partial charge in [-0.3, -0.25) is 5.32 Å². The Labute approximate surface area is 156 Å². The lowest BCUT2D eigenvalue weighted by molar-refractivity contribution is 0.0774. The van der Waals surface area contributed by atoms with Gasteiger partial charge in [0.15, 0.2) is 0 Å². The topological polar surface area (TPSA) is 50.4 Å². The molecule has 2 fully saturated rings. The van der Waals surface area contributed by atoms with Crippen molar-refractivity contribution in [1.29, 1.82) is 0 Å². The fourth-order valence-corrected chi connectivity index (χ4v) is 4.11. The molecule has 2 aliphatic rings. The van der Waals surface area contributed by atoms with E-state index in [9.17, 15) is 9.18 Å². The molecule has 0 saturated carbocycles. The quantitative estimate of drug-likeness (QED) is 0.796. The van der Waals surface area contributed by atoms with Crippen molar-refractivity contribution in [2.24, 2.45) is 0 Å². The van der Waals surface area contributed by atoms with Gasteiger partial charge < -0.3 is 10.1 Å². The van der Waals surface area contributed by atoms with E-state index in [1.165, 1.54) is 12.1 Å². The van der Waals surface area contributed by atoms with Crippen molar-refractivity contribution < 1.29 is 13.9 Å². The van der Waals surface area contributed by atoms with Gasteiger partial charge in [0.05, 0.1) is 5.69 Å². The van der Waals surface area contributed by atoms with Crippen LogP contribution >= 0.6 is 11.6 Å². The summed E-state index contributed by atoms with van der Waals surface area (Å²) in [6, 6.07) is 12.4. The Balaban J connectivity index is 1.50. The molecule has 0 aliphatic carbocycles. The standard InChI is InChI=1S/C20H20ClFN2O2/c21-13-3-1-2-12(8-13)18-7-4-14(22)9-19(18)24-20(25)26-17-10-15-5-6-16(11-17)23-15/h1-4,7-9,15-17,23H,5-6,10-11H2,(H,24,25). The molecule has 4 nitrogen and oxygen atoms in total. The summed E-state index contributed by atoms with van der Waals surface area (Å²) < 4.78 is 19.3. The number of nitrogens with one attached hydrogen (secondary N) is 2. The van der Waals surface area contributed by atoms with Crippen LogP contribution in [0.5, 0.6) is 0 Å².